The average Bonchev–Trinajstić information content (AvgIpc) is 2.01. The second-order valence-corrected chi connectivity index (χ2v) is 2.95. The first-order valence-corrected chi connectivity index (χ1v) is 4.10. The molecule has 0 heterocycles. The number of hydrogen-bond donors (Lipinski definition) is 2. The van der Waals surface area contributed by atoms with Gasteiger partial charge in [-0.1, -0.05) is 6.08 Å². The molecule has 0 aliphatic carbocycles. The van der Waals surface area contributed by atoms with Crippen molar-refractivity contribution in [2.45, 2.75) is 12.5 Å². The summed E-state index contributed by atoms with van der Waals surface area (Å²) in [4.78, 5) is 0. The van der Waals surface area contributed by atoms with Crippen LogP contribution in [0.2, 0.25) is 0 Å². The number of nitrogens with two attached hydrogens (primary N) is 1. The summed E-state index contributed by atoms with van der Waals surface area (Å²) < 4.78 is 25.8. The maximum Gasteiger partial charge on any atom is 0.134 e. The summed E-state index contributed by atoms with van der Waals surface area (Å²) in [5, 5.41) is 9.27. The Bertz CT molecular complexity index is 329. The van der Waals surface area contributed by atoms with Crippen molar-refractivity contribution in [3.63, 3.8) is 0 Å². The summed E-state index contributed by atoms with van der Waals surface area (Å²) in [6.07, 6.45) is 1.82. The number of rotatable bonds is 3. The third kappa shape index (κ3) is 2.09. The first-order chi connectivity index (χ1) is 6.56. The Labute approximate surface area is 80.7 Å². The van der Waals surface area contributed by atoms with Crippen molar-refractivity contribution in [3.05, 3.63) is 42.0 Å². The van der Waals surface area contributed by atoms with Crippen LogP contribution in [0.3, 0.4) is 0 Å². The van der Waals surface area contributed by atoms with Crippen molar-refractivity contribution < 1.29 is 13.9 Å². The summed E-state index contributed by atoms with van der Waals surface area (Å²) in [7, 11) is 0. The van der Waals surface area contributed by atoms with Crippen molar-refractivity contribution in [1.29, 1.82) is 0 Å². The molecule has 1 atom stereocenters. The quantitative estimate of drug-likeness (QED) is 0.733. The monoisotopic (exact) mass is 199 g/mol. The van der Waals surface area contributed by atoms with Gasteiger partial charge in [-0.25, -0.2) is 8.78 Å². The van der Waals surface area contributed by atoms with Crippen LogP contribution in [0, 0.1) is 11.6 Å². The molecule has 0 aliphatic heterocycles. The number of halogens is 2. The molecule has 3 N–H and O–H groups in total. The summed E-state index contributed by atoms with van der Waals surface area (Å²) in [6.45, 7) is 3.44. The molecule has 0 unspecified atom stereocenters. The number of phenols is 1. The summed E-state index contributed by atoms with van der Waals surface area (Å²) >= 11 is 0. The fourth-order valence-corrected chi connectivity index (χ4v) is 1.24. The zero-order valence-electron chi connectivity index (χ0n) is 7.50. The minimum atomic E-state index is -0.836. The first-order valence-electron chi connectivity index (χ1n) is 4.10. The highest BCUT2D eigenvalue weighted by Crippen LogP contribution is 2.28. The van der Waals surface area contributed by atoms with Crippen LogP contribution in [0.25, 0.3) is 0 Å². The van der Waals surface area contributed by atoms with Crippen molar-refractivity contribution in [3.8, 4) is 5.75 Å². The maximum absolute atomic E-state index is 13.2. The molecule has 2 nitrogen and oxygen atoms in total. The van der Waals surface area contributed by atoms with Crippen LogP contribution in [0.1, 0.15) is 18.0 Å². The molecule has 1 rings (SSSR count). The molecule has 1 aromatic carbocycles. The molecular formula is C10H11F2NO. The van der Waals surface area contributed by atoms with Crippen molar-refractivity contribution in [2.75, 3.05) is 0 Å². The van der Waals surface area contributed by atoms with E-state index in [9.17, 15) is 13.9 Å². The molecule has 0 saturated heterocycles. The van der Waals surface area contributed by atoms with E-state index in [-0.39, 0.29) is 5.56 Å². The Balaban J connectivity index is 3.13. The van der Waals surface area contributed by atoms with Gasteiger partial charge in [0.15, 0.2) is 0 Å². The lowest BCUT2D eigenvalue weighted by molar-refractivity contribution is 0.440. The fourth-order valence-electron chi connectivity index (χ4n) is 1.24. The van der Waals surface area contributed by atoms with E-state index < -0.39 is 23.4 Å². The molecule has 4 heteroatoms. The lowest BCUT2D eigenvalue weighted by Crippen LogP contribution is -2.11. The van der Waals surface area contributed by atoms with Crippen LogP contribution in [-0.4, -0.2) is 5.11 Å². The molecule has 0 bridgehead atoms. The van der Waals surface area contributed by atoms with Crippen LogP contribution in [0.15, 0.2) is 24.8 Å². The molecule has 0 saturated carbocycles. The zero-order valence-corrected chi connectivity index (χ0v) is 7.50. The predicted octanol–water partition coefficient (Wildman–Crippen LogP) is 2.25. The zero-order chi connectivity index (χ0) is 10.7. The second kappa shape index (κ2) is 4.19. The van der Waals surface area contributed by atoms with Gasteiger partial charge in [0, 0.05) is 23.7 Å². The number of benzene rings is 1. The summed E-state index contributed by atoms with van der Waals surface area (Å²) in [5.41, 5.74) is 5.49. The molecule has 0 fully saturated rings. The highest BCUT2D eigenvalue weighted by molar-refractivity contribution is 5.36. The standard InChI is InChI=1S/C10H11F2NO/c1-2-3-8(13)10-7(12)4-6(11)5-9(10)14/h2,4-5,8,14H,1,3,13H2/t8-/m0/s1. The highest BCUT2D eigenvalue weighted by atomic mass is 19.1. The molecule has 1 aromatic rings. The van der Waals surface area contributed by atoms with Gasteiger partial charge in [-0.3, -0.25) is 0 Å². The Morgan fingerprint density at radius 3 is 2.64 bits per heavy atom. The Morgan fingerprint density at radius 2 is 2.14 bits per heavy atom. The number of phenolic OH excluding ortho intramolecular Hbond substituents is 1. The Hall–Kier alpha value is -1.42. The van der Waals surface area contributed by atoms with Crippen LogP contribution >= 0.6 is 0 Å². The van der Waals surface area contributed by atoms with Crippen LogP contribution in [0.5, 0.6) is 5.75 Å². The lowest BCUT2D eigenvalue weighted by Gasteiger charge is -2.12. The molecule has 0 aromatic heterocycles. The fraction of sp³-hybridized carbons (Fsp3) is 0.200. The molecule has 0 spiro atoms. The van der Waals surface area contributed by atoms with E-state index in [0.717, 1.165) is 6.07 Å². The minimum absolute atomic E-state index is 0.0775. The van der Waals surface area contributed by atoms with E-state index in [1.165, 1.54) is 6.08 Å². The van der Waals surface area contributed by atoms with Crippen molar-refractivity contribution in [2.24, 2.45) is 5.73 Å². The van der Waals surface area contributed by atoms with Crippen LogP contribution in [0.4, 0.5) is 8.78 Å². The van der Waals surface area contributed by atoms with Gasteiger partial charge in [0.1, 0.15) is 17.4 Å². The van der Waals surface area contributed by atoms with Gasteiger partial charge in [0.05, 0.1) is 0 Å². The third-order valence-corrected chi connectivity index (χ3v) is 1.86. The molecule has 0 aliphatic rings. The topological polar surface area (TPSA) is 46.2 Å². The smallest absolute Gasteiger partial charge is 0.134 e. The average molecular weight is 199 g/mol. The van der Waals surface area contributed by atoms with E-state index in [1.54, 1.807) is 0 Å². The van der Waals surface area contributed by atoms with E-state index in [1.807, 2.05) is 0 Å². The second-order valence-electron chi connectivity index (χ2n) is 2.95. The van der Waals surface area contributed by atoms with E-state index in [4.69, 9.17) is 5.73 Å². The lowest BCUT2D eigenvalue weighted by atomic mass is 10.0. The Morgan fingerprint density at radius 1 is 1.50 bits per heavy atom. The Kier molecular flexibility index (Phi) is 3.19. The van der Waals surface area contributed by atoms with Gasteiger partial charge < -0.3 is 10.8 Å². The van der Waals surface area contributed by atoms with Crippen LogP contribution < -0.4 is 5.73 Å². The van der Waals surface area contributed by atoms with Gasteiger partial charge in [-0.15, -0.1) is 6.58 Å². The first kappa shape index (κ1) is 10.7. The summed E-state index contributed by atoms with van der Waals surface area (Å²) in [6, 6.07) is 0.826. The van der Waals surface area contributed by atoms with Crippen molar-refractivity contribution >= 4 is 0 Å². The van der Waals surface area contributed by atoms with E-state index >= 15 is 0 Å². The molecule has 0 amide bonds. The van der Waals surface area contributed by atoms with E-state index in [0.29, 0.717) is 12.5 Å². The number of hydrogen-bond acceptors (Lipinski definition) is 2. The minimum Gasteiger partial charge on any atom is -0.507 e. The van der Waals surface area contributed by atoms with E-state index in [2.05, 4.69) is 6.58 Å². The summed E-state index contributed by atoms with van der Waals surface area (Å²) in [5.74, 6) is -2.12. The van der Waals surface area contributed by atoms with Gasteiger partial charge in [-0.2, -0.15) is 0 Å². The van der Waals surface area contributed by atoms with Gasteiger partial charge in [0.2, 0.25) is 0 Å². The predicted molar refractivity (Wildman–Crippen MR) is 49.8 cm³/mol. The largest absolute Gasteiger partial charge is 0.507 e. The molecule has 14 heavy (non-hydrogen) atoms. The molecular weight excluding hydrogens is 188 g/mol. The van der Waals surface area contributed by atoms with Gasteiger partial charge >= 0.3 is 0 Å². The van der Waals surface area contributed by atoms with Gasteiger partial charge in [-0.05, 0) is 6.42 Å². The molecule has 76 valence electrons. The number of aromatic hydroxyl groups is 1. The van der Waals surface area contributed by atoms with Crippen LogP contribution in [-0.2, 0) is 0 Å². The molecule has 0 radical (unpaired) electrons. The highest BCUT2D eigenvalue weighted by Gasteiger charge is 2.16. The SMILES string of the molecule is C=CC[C@H](N)c1c(O)cc(F)cc1F. The van der Waals surface area contributed by atoms with Crippen molar-refractivity contribution in [1.82, 2.24) is 0 Å². The normalized spacial score (nSPS) is 12.5. The maximum atomic E-state index is 13.2. The van der Waals surface area contributed by atoms with Gasteiger partial charge in [0.25, 0.3) is 0 Å². The third-order valence-electron chi connectivity index (χ3n) is 1.86.